The Morgan fingerprint density at radius 2 is 2.12 bits per heavy atom. The molecule has 0 spiro atoms. The molecule has 8 heavy (non-hydrogen) atoms. The second-order valence-electron chi connectivity index (χ2n) is 1.73. The third-order valence-corrected chi connectivity index (χ3v) is 1.06. The van der Waals surface area contributed by atoms with Crippen LogP contribution in [-0.2, 0) is 9.47 Å². The van der Waals surface area contributed by atoms with Crippen LogP contribution in [0.5, 0.6) is 0 Å². The normalized spacial score (nSPS) is 22.1. The van der Waals surface area contributed by atoms with Gasteiger partial charge in [-0.25, -0.2) is 0 Å². The van der Waals surface area contributed by atoms with E-state index in [4.69, 9.17) is 9.47 Å². The van der Waals surface area contributed by atoms with Crippen LogP contribution in [0.2, 0.25) is 0 Å². The number of rotatable bonds is 2. The fourth-order valence-corrected chi connectivity index (χ4v) is 0.692. The van der Waals surface area contributed by atoms with Gasteiger partial charge >= 0.3 is 0 Å². The van der Waals surface area contributed by atoms with Crippen LogP contribution in [0.1, 0.15) is 0 Å². The Morgan fingerprint density at radius 3 is 2.62 bits per heavy atom. The van der Waals surface area contributed by atoms with Gasteiger partial charge in [0.1, 0.15) is 0 Å². The molecule has 1 aliphatic rings. The van der Waals surface area contributed by atoms with Gasteiger partial charge < -0.3 is 14.8 Å². The average molecular weight is 117 g/mol. The van der Waals surface area contributed by atoms with E-state index in [2.05, 4.69) is 5.32 Å². The van der Waals surface area contributed by atoms with Crippen molar-refractivity contribution in [3.05, 3.63) is 0 Å². The lowest BCUT2D eigenvalue weighted by Crippen LogP contribution is -2.23. The van der Waals surface area contributed by atoms with Crippen LogP contribution >= 0.6 is 0 Å². The summed E-state index contributed by atoms with van der Waals surface area (Å²) in [5, 5.41) is 2.96. The Balaban J connectivity index is 2.06. The Bertz CT molecular complexity index is 61.4. The van der Waals surface area contributed by atoms with E-state index < -0.39 is 0 Å². The van der Waals surface area contributed by atoms with Gasteiger partial charge in [-0.15, -0.1) is 0 Å². The Hall–Kier alpha value is -0.120. The Kier molecular flexibility index (Phi) is 2.27. The molecule has 0 amide bonds. The third kappa shape index (κ3) is 1.43. The topological polar surface area (TPSA) is 30.5 Å². The first kappa shape index (κ1) is 6.01. The molecular formula is C5H11NO2. The molecule has 0 aromatic heterocycles. The van der Waals surface area contributed by atoms with Crippen molar-refractivity contribution < 1.29 is 9.47 Å². The van der Waals surface area contributed by atoms with E-state index in [1.807, 2.05) is 7.05 Å². The van der Waals surface area contributed by atoms with Crippen molar-refractivity contribution >= 4 is 0 Å². The first-order valence-corrected chi connectivity index (χ1v) is 2.81. The molecule has 0 radical (unpaired) electrons. The van der Waals surface area contributed by atoms with Gasteiger partial charge in [-0.3, -0.25) is 0 Å². The lowest BCUT2D eigenvalue weighted by atomic mass is 10.6. The van der Waals surface area contributed by atoms with Crippen molar-refractivity contribution in [3.8, 4) is 0 Å². The zero-order chi connectivity index (χ0) is 5.82. The van der Waals surface area contributed by atoms with E-state index in [9.17, 15) is 0 Å². The maximum Gasteiger partial charge on any atom is 0.170 e. The van der Waals surface area contributed by atoms with Crippen molar-refractivity contribution in [2.24, 2.45) is 0 Å². The molecule has 0 aromatic carbocycles. The predicted molar refractivity (Wildman–Crippen MR) is 29.6 cm³/mol. The molecule has 0 saturated carbocycles. The molecule has 3 heteroatoms. The highest BCUT2D eigenvalue weighted by molar-refractivity contribution is 4.52. The van der Waals surface area contributed by atoms with Crippen molar-refractivity contribution in [2.45, 2.75) is 6.29 Å². The summed E-state index contributed by atoms with van der Waals surface area (Å²) >= 11 is 0. The van der Waals surface area contributed by atoms with E-state index >= 15 is 0 Å². The molecule has 0 atom stereocenters. The number of hydrogen-bond donors (Lipinski definition) is 1. The Morgan fingerprint density at radius 1 is 1.50 bits per heavy atom. The van der Waals surface area contributed by atoms with Gasteiger partial charge in [0.15, 0.2) is 6.29 Å². The molecule has 1 N–H and O–H groups in total. The van der Waals surface area contributed by atoms with Gasteiger partial charge in [0.25, 0.3) is 0 Å². The quantitative estimate of drug-likeness (QED) is 0.532. The number of likely N-dealkylation sites (N-methyl/N-ethyl adjacent to an activating group) is 1. The summed E-state index contributed by atoms with van der Waals surface area (Å²) in [6, 6.07) is 0. The smallest absolute Gasteiger partial charge is 0.170 e. The van der Waals surface area contributed by atoms with Gasteiger partial charge in [0.2, 0.25) is 0 Å². The van der Waals surface area contributed by atoms with Crippen LogP contribution in [-0.4, -0.2) is 33.1 Å². The van der Waals surface area contributed by atoms with E-state index in [0.717, 1.165) is 19.8 Å². The molecule has 1 heterocycles. The van der Waals surface area contributed by atoms with Crippen LogP contribution < -0.4 is 5.32 Å². The molecule has 0 bridgehead atoms. The minimum atomic E-state index is -0.000000000000000222. The van der Waals surface area contributed by atoms with Crippen molar-refractivity contribution in [1.29, 1.82) is 0 Å². The van der Waals surface area contributed by atoms with Gasteiger partial charge in [0, 0.05) is 6.54 Å². The Labute approximate surface area is 49.0 Å². The largest absolute Gasteiger partial charge is 0.349 e. The van der Waals surface area contributed by atoms with E-state index in [0.29, 0.717) is 0 Å². The van der Waals surface area contributed by atoms with Crippen molar-refractivity contribution in [1.82, 2.24) is 5.32 Å². The second-order valence-corrected chi connectivity index (χ2v) is 1.73. The SMILES string of the molecule is CNCC1OCCO1. The van der Waals surface area contributed by atoms with Crippen LogP contribution in [0.25, 0.3) is 0 Å². The first-order valence-electron chi connectivity index (χ1n) is 2.81. The third-order valence-electron chi connectivity index (χ3n) is 1.06. The molecular weight excluding hydrogens is 106 g/mol. The average Bonchev–Trinajstić information content (AvgIpc) is 2.19. The van der Waals surface area contributed by atoms with E-state index in [-0.39, 0.29) is 6.29 Å². The molecule has 48 valence electrons. The molecule has 1 rings (SSSR count). The summed E-state index contributed by atoms with van der Waals surface area (Å²) < 4.78 is 10.2. The number of ether oxygens (including phenoxy) is 2. The highest BCUT2D eigenvalue weighted by Crippen LogP contribution is 2.00. The lowest BCUT2D eigenvalue weighted by molar-refractivity contribution is -0.0378. The lowest BCUT2D eigenvalue weighted by Gasteiger charge is -2.05. The first-order chi connectivity index (χ1) is 3.93. The fraction of sp³-hybridized carbons (Fsp3) is 1.00. The number of hydrogen-bond acceptors (Lipinski definition) is 3. The minimum Gasteiger partial charge on any atom is -0.349 e. The van der Waals surface area contributed by atoms with Crippen LogP contribution in [0, 0.1) is 0 Å². The monoisotopic (exact) mass is 117 g/mol. The van der Waals surface area contributed by atoms with E-state index in [1.165, 1.54) is 0 Å². The predicted octanol–water partition coefficient (Wildman–Crippen LogP) is -0.421. The minimum absolute atomic E-state index is 0.000000000000000222. The molecule has 1 fully saturated rings. The molecule has 0 aromatic rings. The zero-order valence-electron chi connectivity index (χ0n) is 5.02. The van der Waals surface area contributed by atoms with Gasteiger partial charge in [0.05, 0.1) is 13.2 Å². The zero-order valence-corrected chi connectivity index (χ0v) is 5.02. The highest BCUT2D eigenvalue weighted by atomic mass is 16.7. The fourth-order valence-electron chi connectivity index (χ4n) is 0.692. The van der Waals surface area contributed by atoms with Crippen LogP contribution in [0.15, 0.2) is 0 Å². The summed E-state index contributed by atoms with van der Waals surface area (Å²) in [4.78, 5) is 0. The highest BCUT2D eigenvalue weighted by Gasteiger charge is 2.13. The molecule has 1 aliphatic heterocycles. The summed E-state index contributed by atoms with van der Waals surface area (Å²) in [5.74, 6) is 0. The summed E-state index contributed by atoms with van der Waals surface area (Å²) in [6.07, 6.45) is -0.000000000000000222. The molecule has 3 nitrogen and oxygen atoms in total. The maximum absolute atomic E-state index is 5.11. The molecule has 1 saturated heterocycles. The molecule has 0 aliphatic carbocycles. The van der Waals surface area contributed by atoms with Crippen molar-refractivity contribution in [2.75, 3.05) is 26.8 Å². The van der Waals surface area contributed by atoms with E-state index in [1.54, 1.807) is 0 Å². The van der Waals surface area contributed by atoms with Crippen LogP contribution in [0.4, 0.5) is 0 Å². The van der Waals surface area contributed by atoms with Gasteiger partial charge in [-0.05, 0) is 7.05 Å². The van der Waals surface area contributed by atoms with Crippen molar-refractivity contribution in [3.63, 3.8) is 0 Å². The molecule has 0 unspecified atom stereocenters. The van der Waals surface area contributed by atoms with Crippen LogP contribution in [0.3, 0.4) is 0 Å². The number of nitrogens with one attached hydrogen (secondary N) is 1. The second kappa shape index (κ2) is 3.02. The maximum atomic E-state index is 5.11. The summed E-state index contributed by atoms with van der Waals surface area (Å²) in [6.45, 7) is 2.28. The standard InChI is InChI=1S/C5H11NO2/c1-6-4-5-7-2-3-8-5/h5-6H,2-4H2,1H3. The van der Waals surface area contributed by atoms with Gasteiger partial charge in [-0.1, -0.05) is 0 Å². The van der Waals surface area contributed by atoms with Gasteiger partial charge in [-0.2, -0.15) is 0 Å². The summed E-state index contributed by atoms with van der Waals surface area (Å²) in [7, 11) is 1.88. The summed E-state index contributed by atoms with van der Waals surface area (Å²) in [5.41, 5.74) is 0.